The van der Waals surface area contributed by atoms with Gasteiger partial charge in [0.2, 0.25) is 5.95 Å². The van der Waals surface area contributed by atoms with Gasteiger partial charge < -0.3 is 10.2 Å². The second-order valence-electron chi connectivity index (χ2n) is 7.59. The maximum Gasteiger partial charge on any atom is 0.270 e. The minimum Gasteiger partial charge on any atom is -0.348 e. The van der Waals surface area contributed by atoms with E-state index in [9.17, 15) is 4.79 Å². The summed E-state index contributed by atoms with van der Waals surface area (Å²) in [5.41, 5.74) is 4.61. The van der Waals surface area contributed by atoms with Crippen LogP contribution in [0.25, 0.3) is 0 Å². The van der Waals surface area contributed by atoms with Gasteiger partial charge in [-0.1, -0.05) is 0 Å². The molecule has 3 rings (SSSR count). The van der Waals surface area contributed by atoms with Crippen molar-refractivity contribution in [1.29, 1.82) is 0 Å². The number of hydrogen-bond donors (Lipinski definition) is 1. The van der Waals surface area contributed by atoms with Gasteiger partial charge in [0, 0.05) is 37.6 Å². The first kappa shape index (κ1) is 19.3. The van der Waals surface area contributed by atoms with Crippen LogP contribution < -0.4 is 10.2 Å². The van der Waals surface area contributed by atoms with Crippen LogP contribution in [0.3, 0.4) is 0 Å². The molecule has 1 fully saturated rings. The summed E-state index contributed by atoms with van der Waals surface area (Å²) in [7, 11) is 1.95. The molecular formula is C20H30N6O. The van der Waals surface area contributed by atoms with Crippen LogP contribution in [0.2, 0.25) is 0 Å². The molecule has 2 aromatic rings. The van der Waals surface area contributed by atoms with Crippen molar-refractivity contribution in [3.8, 4) is 0 Å². The number of rotatable bonds is 5. The molecule has 1 atom stereocenters. The molecule has 27 heavy (non-hydrogen) atoms. The molecule has 146 valence electrons. The summed E-state index contributed by atoms with van der Waals surface area (Å²) in [5, 5.41) is 7.53. The van der Waals surface area contributed by atoms with E-state index in [0.29, 0.717) is 11.6 Å². The highest BCUT2D eigenvalue weighted by atomic mass is 16.1. The zero-order valence-electron chi connectivity index (χ0n) is 17.0. The standard InChI is InChI=1S/C20H30N6O/c1-13(11-17-15(3)24-25(5)16(17)4)21-19(27)18-12-14(2)22-20(23-18)26-9-7-6-8-10-26/h12-13H,6-11H2,1-5H3,(H,21,27)/t13-/m1/s1. The molecule has 0 radical (unpaired) electrons. The molecule has 1 N–H and O–H groups in total. The quantitative estimate of drug-likeness (QED) is 0.875. The van der Waals surface area contributed by atoms with Crippen LogP contribution in [0.15, 0.2) is 6.07 Å². The molecule has 0 unspecified atom stereocenters. The van der Waals surface area contributed by atoms with Crippen LogP contribution in [0.4, 0.5) is 5.95 Å². The average molecular weight is 371 g/mol. The molecular weight excluding hydrogens is 340 g/mol. The van der Waals surface area contributed by atoms with Crippen molar-refractivity contribution < 1.29 is 4.79 Å². The van der Waals surface area contributed by atoms with Crippen LogP contribution in [0, 0.1) is 20.8 Å². The molecule has 2 aromatic heterocycles. The first-order valence-corrected chi connectivity index (χ1v) is 9.75. The Kier molecular flexibility index (Phi) is 5.77. The molecule has 7 nitrogen and oxygen atoms in total. The average Bonchev–Trinajstić information content (AvgIpc) is 2.88. The third-order valence-corrected chi connectivity index (χ3v) is 5.26. The smallest absolute Gasteiger partial charge is 0.270 e. The predicted octanol–water partition coefficient (Wildman–Crippen LogP) is 2.49. The van der Waals surface area contributed by atoms with Crippen LogP contribution in [0.5, 0.6) is 0 Å². The van der Waals surface area contributed by atoms with E-state index in [1.165, 1.54) is 12.0 Å². The monoisotopic (exact) mass is 370 g/mol. The Bertz CT molecular complexity index is 822. The third kappa shape index (κ3) is 4.46. The van der Waals surface area contributed by atoms with Crippen LogP contribution >= 0.6 is 0 Å². The Morgan fingerprint density at radius 2 is 1.89 bits per heavy atom. The summed E-state index contributed by atoms with van der Waals surface area (Å²) in [6, 6.07) is 1.75. The Hall–Kier alpha value is -2.44. The lowest BCUT2D eigenvalue weighted by Gasteiger charge is -2.27. The highest BCUT2D eigenvalue weighted by Crippen LogP contribution is 2.17. The molecule has 0 bridgehead atoms. The number of hydrogen-bond acceptors (Lipinski definition) is 5. The van der Waals surface area contributed by atoms with Gasteiger partial charge >= 0.3 is 0 Å². The zero-order valence-corrected chi connectivity index (χ0v) is 17.0. The van der Waals surface area contributed by atoms with Gasteiger partial charge in [0.1, 0.15) is 5.69 Å². The minimum atomic E-state index is -0.148. The van der Waals surface area contributed by atoms with E-state index >= 15 is 0 Å². The number of aromatic nitrogens is 4. The molecule has 3 heterocycles. The number of aryl methyl sites for hydroxylation is 3. The molecule has 0 aromatic carbocycles. The molecule has 1 saturated heterocycles. The van der Waals surface area contributed by atoms with Crippen molar-refractivity contribution in [3.05, 3.63) is 34.4 Å². The lowest BCUT2D eigenvalue weighted by molar-refractivity contribution is 0.0934. The van der Waals surface area contributed by atoms with Crippen molar-refractivity contribution in [3.63, 3.8) is 0 Å². The Morgan fingerprint density at radius 3 is 2.52 bits per heavy atom. The van der Waals surface area contributed by atoms with E-state index in [1.54, 1.807) is 6.07 Å². The number of piperidine rings is 1. The minimum absolute atomic E-state index is 0.00666. The van der Waals surface area contributed by atoms with E-state index in [-0.39, 0.29) is 11.9 Å². The lowest BCUT2D eigenvalue weighted by Crippen LogP contribution is -2.36. The zero-order chi connectivity index (χ0) is 19.6. The molecule has 0 aliphatic carbocycles. The summed E-state index contributed by atoms with van der Waals surface area (Å²) < 4.78 is 1.89. The first-order valence-electron chi connectivity index (χ1n) is 9.75. The van der Waals surface area contributed by atoms with Gasteiger partial charge in [-0.2, -0.15) is 5.10 Å². The highest BCUT2D eigenvalue weighted by molar-refractivity contribution is 5.92. The fraction of sp³-hybridized carbons (Fsp3) is 0.600. The van der Waals surface area contributed by atoms with Crippen molar-refractivity contribution >= 4 is 11.9 Å². The Morgan fingerprint density at radius 1 is 1.19 bits per heavy atom. The number of amides is 1. The van der Waals surface area contributed by atoms with Gasteiger partial charge in [0.05, 0.1) is 5.69 Å². The van der Waals surface area contributed by atoms with Crippen LogP contribution in [-0.4, -0.2) is 44.8 Å². The van der Waals surface area contributed by atoms with E-state index in [2.05, 4.69) is 32.2 Å². The SMILES string of the molecule is Cc1cc(C(=O)N[C@H](C)Cc2c(C)nn(C)c2C)nc(N2CCCCC2)n1. The fourth-order valence-electron chi connectivity index (χ4n) is 3.67. The Balaban J connectivity index is 1.70. The van der Waals surface area contributed by atoms with Gasteiger partial charge in [-0.15, -0.1) is 0 Å². The number of anilines is 1. The second kappa shape index (κ2) is 8.06. The second-order valence-corrected chi connectivity index (χ2v) is 7.59. The topological polar surface area (TPSA) is 75.9 Å². The number of carbonyl (C=O) groups excluding carboxylic acids is 1. The maximum absolute atomic E-state index is 12.8. The van der Waals surface area contributed by atoms with Gasteiger partial charge in [-0.05, 0) is 65.0 Å². The van der Waals surface area contributed by atoms with Crippen LogP contribution in [0.1, 0.15) is 59.3 Å². The number of carbonyl (C=O) groups is 1. The number of nitrogens with zero attached hydrogens (tertiary/aromatic N) is 5. The largest absolute Gasteiger partial charge is 0.348 e. The van der Waals surface area contributed by atoms with Crippen molar-refractivity contribution in [2.24, 2.45) is 7.05 Å². The van der Waals surface area contributed by atoms with Crippen molar-refractivity contribution in [2.75, 3.05) is 18.0 Å². The maximum atomic E-state index is 12.8. The van der Waals surface area contributed by atoms with Gasteiger partial charge in [-0.25, -0.2) is 9.97 Å². The predicted molar refractivity (Wildman–Crippen MR) is 106 cm³/mol. The number of nitrogens with one attached hydrogen (secondary N) is 1. The third-order valence-electron chi connectivity index (χ3n) is 5.26. The van der Waals surface area contributed by atoms with E-state index in [0.717, 1.165) is 49.4 Å². The molecule has 0 saturated carbocycles. The summed E-state index contributed by atoms with van der Waals surface area (Å²) in [5.74, 6) is 0.525. The van der Waals surface area contributed by atoms with Gasteiger partial charge in [0.15, 0.2) is 0 Å². The highest BCUT2D eigenvalue weighted by Gasteiger charge is 2.19. The van der Waals surface area contributed by atoms with Gasteiger partial charge in [0.25, 0.3) is 5.91 Å². The summed E-state index contributed by atoms with van der Waals surface area (Å²) in [6.07, 6.45) is 4.31. The van der Waals surface area contributed by atoms with E-state index in [1.807, 2.05) is 32.5 Å². The summed E-state index contributed by atoms with van der Waals surface area (Å²) in [4.78, 5) is 24.0. The lowest BCUT2D eigenvalue weighted by atomic mass is 10.1. The molecule has 7 heteroatoms. The van der Waals surface area contributed by atoms with E-state index in [4.69, 9.17) is 0 Å². The van der Waals surface area contributed by atoms with Crippen molar-refractivity contribution in [2.45, 2.75) is 59.4 Å². The molecule has 1 amide bonds. The molecule has 1 aliphatic heterocycles. The normalized spacial score (nSPS) is 15.7. The molecule has 1 aliphatic rings. The van der Waals surface area contributed by atoms with Crippen molar-refractivity contribution in [1.82, 2.24) is 25.1 Å². The molecule has 0 spiro atoms. The summed E-state index contributed by atoms with van der Waals surface area (Å²) >= 11 is 0. The summed E-state index contributed by atoms with van der Waals surface area (Å²) in [6.45, 7) is 9.92. The van der Waals surface area contributed by atoms with Gasteiger partial charge in [-0.3, -0.25) is 9.48 Å². The van der Waals surface area contributed by atoms with Crippen LogP contribution in [-0.2, 0) is 13.5 Å². The fourth-order valence-corrected chi connectivity index (χ4v) is 3.67. The van der Waals surface area contributed by atoms with E-state index < -0.39 is 0 Å². The first-order chi connectivity index (χ1) is 12.8. The Labute approximate surface area is 161 Å².